The minimum absolute atomic E-state index is 0.352. The van der Waals surface area contributed by atoms with E-state index in [0.29, 0.717) is 11.4 Å². The van der Waals surface area contributed by atoms with Crippen LogP contribution in [0.5, 0.6) is 5.75 Å². The number of hydrogen-bond acceptors (Lipinski definition) is 4. The third kappa shape index (κ3) is 3.38. The normalized spacial score (nSPS) is 9.67. The van der Waals surface area contributed by atoms with Gasteiger partial charge in [-0.25, -0.2) is 4.79 Å². The quantitative estimate of drug-likeness (QED) is 0.635. The van der Waals surface area contributed by atoms with Crippen molar-refractivity contribution in [1.82, 2.24) is 0 Å². The van der Waals surface area contributed by atoms with Gasteiger partial charge in [0.25, 0.3) is 0 Å². The van der Waals surface area contributed by atoms with Gasteiger partial charge >= 0.3 is 5.97 Å². The summed E-state index contributed by atoms with van der Waals surface area (Å²) in [6.45, 7) is 2.34. The number of ether oxygens (including phenoxy) is 1. The summed E-state index contributed by atoms with van der Waals surface area (Å²) in [5.74, 6) is -0.514. The molecule has 82 valence electrons. The van der Waals surface area contributed by atoms with E-state index >= 15 is 0 Å². The predicted molar refractivity (Wildman–Crippen MR) is 58.1 cm³/mol. The van der Waals surface area contributed by atoms with E-state index in [9.17, 15) is 4.79 Å². The number of aliphatic carboxylic acids is 1. The zero-order valence-corrected chi connectivity index (χ0v) is 8.49. The molecule has 0 aromatic heterocycles. The second kappa shape index (κ2) is 5.09. The van der Waals surface area contributed by atoms with Crippen molar-refractivity contribution in [2.45, 2.75) is 6.92 Å². The first-order valence-corrected chi connectivity index (χ1v) is 4.61. The third-order valence-corrected chi connectivity index (χ3v) is 1.75. The maximum absolute atomic E-state index is 10.3. The van der Waals surface area contributed by atoms with Crippen molar-refractivity contribution in [3.8, 4) is 5.75 Å². The van der Waals surface area contributed by atoms with E-state index < -0.39 is 5.97 Å². The molecule has 0 unspecified atom stereocenters. The van der Waals surface area contributed by atoms with Crippen LogP contribution >= 0.6 is 0 Å². The van der Waals surface area contributed by atoms with Crippen molar-refractivity contribution >= 4 is 17.3 Å². The highest BCUT2D eigenvalue weighted by atomic mass is 16.5. The molecular formula is C10H14N2O3. The Morgan fingerprint density at radius 2 is 2.33 bits per heavy atom. The smallest absolute Gasteiger partial charge is 0.341 e. The molecule has 0 aliphatic heterocycles. The largest absolute Gasteiger partial charge is 0.482 e. The van der Waals surface area contributed by atoms with Gasteiger partial charge in [-0.3, -0.25) is 0 Å². The third-order valence-electron chi connectivity index (χ3n) is 1.75. The molecule has 1 aromatic carbocycles. The van der Waals surface area contributed by atoms with Crippen molar-refractivity contribution in [3.63, 3.8) is 0 Å². The van der Waals surface area contributed by atoms with Crippen molar-refractivity contribution in [1.29, 1.82) is 0 Å². The molecule has 5 nitrogen and oxygen atoms in total. The fourth-order valence-electron chi connectivity index (χ4n) is 1.11. The number of carbonyl (C=O) groups is 1. The highest BCUT2D eigenvalue weighted by Gasteiger charge is 2.02. The molecule has 0 saturated carbocycles. The molecule has 0 saturated heterocycles. The number of nitrogen functional groups attached to an aromatic ring is 1. The van der Waals surface area contributed by atoms with Crippen molar-refractivity contribution < 1.29 is 14.6 Å². The Hall–Kier alpha value is -1.91. The van der Waals surface area contributed by atoms with E-state index in [-0.39, 0.29) is 6.61 Å². The lowest BCUT2D eigenvalue weighted by Gasteiger charge is -2.09. The number of nitrogens with one attached hydrogen (secondary N) is 1. The zero-order chi connectivity index (χ0) is 11.3. The molecule has 0 spiro atoms. The number of anilines is 2. The standard InChI is InChI=1S/C10H14N2O3/c1-2-12-9-5-7(3-4-8(9)11)15-6-10(13)14/h3-5,12H,2,6,11H2,1H3,(H,13,14). The Kier molecular flexibility index (Phi) is 3.79. The van der Waals surface area contributed by atoms with Crippen molar-refractivity contribution in [2.75, 3.05) is 24.2 Å². The summed E-state index contributed by atoms with van der Waals surface area (Å²) in [6.07, 6.45) is 0. The van der Waals surface area contributed by atoms with Crippen molar-refractivity contribution in [3.05, 3.63) is 18.2 Å². The Labute approximate surface area is 87.9 Å². The average molecular weight is 210 g/mol. The number of hydrogen-bond donors (Lipinski definition) is 3. The van der Waals surface area contributed by atoms with Crippen LogP contribution in [0.15, 0.2) is 18.2 Å². The number of carboxylic acids is 1. The molecule has 0 amide bonds. The molecule has 0 aliphatic rings. The number of carboxylic acid groups (broad SMARTS) is 1. The molecule has 0 heterocycles. The minimum atomic E-state index is -1.00. The summed E-state index contributed by atoms with van der Waals surface area (Å²) in [6, 6.07) is 5.00. The van der Waals surface area contributed by atoms with E-state index in [4.69, 9.17) is 15.6 Å². The van der Waals surface area contributed by atoms with Crippen LogP contribution in [0.3, 0.4) is 0 Å². The van der Waals surface area contributed by atoms with Gasteiger partial charge in [-0.1, -0.05) is 0 Å². The second-order valence-corrected chi connectivity index (χ2v) is 2.96. The second-order valence-electron chi connectivity index (χ2n) is 2.96. The highest BCUT2D eigenvalue weighted by molar-refractivity contribution is 5.70. The summed E-state index contributed by atoms with van der Waals surface area (Å²) in [5.41, 5.74) is 7.06. The predicted octanol–water partition coefficient (Wildman–Crippen LogP) is 1.16. The van der Waals surface area contributed by atoms with E-state index in [1.165, 1.54) is 0 Å². The van der Waals surface area contributed by atoms with Gasteiger partial charge in [0.1, 0.15) is 5.75 Å². The SMILES string of the molecule is CCNc1cc(OCC(=O)O)ccc1N. The van der Waals surface area contributed by atoms with Crippen LogP contribution < -0.4 is 15.8 Å². The lowest BCUT2D eigenvalue weighted by molar-refractivity contribution is -0.139. The van der Waals surface area contributed by atoms with Gasteiger partial charge < -0.3 is 20.9 Å². The van der Waals surface area contributed by atoms with E-state index in [1.807, 2.05) is 6.92 Å². The molecule has 4 N–H and O–H groups in total. The van der Waals surface area contributed by atoms with Crippen LogP contribution in [-0.4, -0.2) is 24.2 Å². The molecule has 1 rings (SSSR count). The van der Waals surface area contributed by atoms with E-state index in [0.717, 1.165) is 12.2 Å². The Morgan fingerprint density at radius 3 is 2.93 bits per heavy atom. The molecule has 0 fully saturated rings. The molecule has 0 radical (unpaired) electrons. The van der Waals surface area contributed by atoms with Gasteiger partial charge in [0.2, 0.25) is 0 Å². The maximum Gasteiger partial charge on any atom is 0.341 e. The Morgan fingerprint density at radius 1 is 1.60 bits per heavy atom. The summed E-state index contributed by atoms with van der Waals surface area (Å²) < 4.78 is 5.01. The van der Waals surface area contributed by atoms with Gasteiger partial charge in [0.15, 0.2) is 6.61 Å². The summed E-state index contributed by atoms with van der Waals surface area (Å²) in [4.78, 5) is 10.3. The van der Waals surface area contributed by atoms with E-state index in [1.54, 1.807) is 18.2 Å². The lowest BCUT2D eigenvalue weighted by atomic mass is 10.2. The Bertz CT molecular complexity index is 353. The first-order valence-electron chi connectivity index (χ1n) is 4.61. The topological polar surface area (TPSA) is 84.6 Å². The van der Waals surface area contributed by atoms with Crippen LogP contribution in [0.4, 0.5) is 11.4 Å². The van der Waals surface area contributed by atoms with Crippen molar-refractivity contribution in [2.24, 2.45) is 0 Å². The maximum atomic E-state index is 10.3. The van der Waals surface area contributed by atoms with Crippen LogP contribution in [0.2, 0.25) is 0 Å². The van der Waals surface area contributed by atoms with E-state index in [2.05, 4.69) is 5.32 Å². The molecule has 1 aromatic rings. The van der Waals surface area contributed by atoms with Crippen LogP contribution in [0.25, 0.3) is 0 Å². The molecule has 0 atom stereocenters. The first kappa shape index (κ1) is 11.2. The first-order chi connectivity index (χ1) is 7.13. The lowest BCUT2D eigenvalue weighted by Crippen LogP contribution is -2.10. The zero-order valence-electron chi connectivity index (χ0n) is 8.49. The molecule has 0 bridgehead atoms. The van der Waals surface area contributed by atoms with Gasteiger partial charge in [-0.15, -0.1) is 0 Å². The molecule has 0 aliphatic carbocycles. The highest BCUT2D eigenvalue weighted by Crippen LogP contribution is 2.24. The monoisotopic (exact) mass is 210 g/mol. The molecular weight excluding hydrogens is 196 g/mol. The summed E-state index contributed by atoms with van der Waals surface area (Å²) >= 11 is 0. The summed E-state index contributed by atoms with van der Waals surface area (Å²) in [7, 11) is 0. The molecule has 5 heteroatoms. The van der Waals surface area contributed by atoms with Crippen LogP contribution in [-0.2, 0) is 4.79 Å². The summed E-state index contributed by atoms with van der Waals surface area (Å²) in [5, 5.41) is 11.5. The fraction of sp³-hybridized carbons (Fsp3) is 0.300. The average Bonchev–Trinajstić information content (AvgIpc) is 2.19. The van der Waals surface area contributed by atoms with Crippen LogP contribution in [0.1, 0.15) is 6.92 Å². The fourth-order valence-corrected chi connectivity index (χ4v) is 1.11. The Balaban J connectivity index is 2.73. The number of rotatable bonds is 5. The van der Waals surface area contributed by atoms with Crippen LogP contribution in [0, 0.1) is 0 Å². The molecule has 15 heavy (non-hydrogen) atoms. The van der Waals surface area contributed by atoms with Gasteiger partial charge in [0.05, 0.1) is 11.4 Å². The number of benzene rings is 1. The van der Waals surface area contributed by atoms with Gasteiger partial charge in [-0.2, -0.15) is 0 Å². The number of nitrogens with two attached hydrogens (primary N) is 1. The minimum Gasteiger partial charge on any atom is -0.482 e. The van der Waals surface area contributed by atoms with Gasteiger partial charge in [0, 0.05) is 12.6 Å². The van der Waals surface area contributed by atoms with Gasteiger partial charge in [-0.05, 0) is 19.1 Å².